The summed E-state index contributed by atoms with van der Waals surface area (Å²) in [6.07, 6.45) is 0. The van der Waals surface area contributed by atoms with Gasteiger partial charge in [0.1, 0.15) is 6.07 Å². The van der Waals surface area contributed by atoms with Gasteiger partial charge in [0.15, 0.2) is 0 Å². The SMILES string of the molecule is COC(=O)c1ccccc1NC(=O)c1cccc(C(=O)Nc2ccccc2C#N)c1. The summed E-state index contributed by atoms with van der Waals surface area (Å²) in [7, 11) is 1.26. The molecule has 0 unspecified atom stereocenters. The molecule has 3 aromatic rings. The number of nitrogens with one attached hydrogen (secondary N) is 2. The van der Waals surface area contributed by atoms with Gasteiger partial charge in [-0.05, 0) is 42.5 Å². The molecule has 148 valence electrons. The summed E-state index contributed by atoms with van der Waals surface area (Å²) < 4.78 is 4.72. The van der Waals surface area contributed by atoms with Gasteiger partial charge >= 0.3 is 5.97 Å². The van der Waals surface area contributed by atoms with E-state index in [1.54, 1.807) is 60.7 Å². The number of nitrogens with zero attached hydrogens (tertiary/aromatic N) is 1. The minimum atomic E-state index is -0.574. The minimum Gasteiger partial charge on any atom is -0.465 e. The van der Waals surface area contributed by atoms with Crippen molar-refractivity contribution in [3.05, 3.63) is 95.1 Å². The van der Waals surface area contributed by atoms with E-state index in [9.17, 15) is 14.4 Å². The van der Waals surface area contributed by atoms with Crippen LogP contribution in [0.25, 0.3) is 0 Å². The highest BCUT2D eigenvalue weighted by Crippen LogP contribution is 2.19. The van der Waals surface area contributed by atoms with Gasteiger partial charge in [0.25, 0.3) is 11.8 Å². The van der Waals surface area contributed by atoms with E-state index in [2.05, 4.69) is 10.6 Å². The average molecular weight is 399 g/mol. The van der Waals surface area contributed by atoms with Crippen molar-refractivity contribution in [2.45, 2.75) is 0 Å². The highest BCUT2D eigenvalue weighted by atomic mass is 16.5. The third kappa shape index (κ3) is 4.51. The third-order valence-corrected chi connectivity index (χ3v) is 4.26. The lowest BCUT2D eigenvalue weighted by Crippen LogP contribution is -2.17. The first-order chi connectivity index (χ1) is 14.5. The molecule has 2 N–H and O–H groups in total. The number of amides is 2. The Morgan fingerprint density at radius 3 is 2.00 bits per heavy atom. The molecular formula is C23H17N3O4. The Bertz CT molecular complexity index is 1160. The molecule has 0 aliphatic heterocycles. The molecule has 2 amide bonds. The van der Waals surface area contributed by atoms with Crippen LogP contribution in [-0.4, -0.2) is 24.9 Å². The third-order valence-electron chi connectivity index (χ3n) is 4.26. The molecule has 0 aromatic heterocycles. The van der Waals surface area contributed by atoms with E-state index < -0.39 is 17.8 Å². The summed E-state index contributed by atoms with van der Waals surface area (Å²) in [5, 5.41) is 14.5. The molecule has 0 spiro atoms. The number of benzene rings is 3. The van der Waals surface area contributed by atoms with Crippen LogP contribution in [0.3, 0.4) is 0 Å². The number of para-hydroxylation sites is 2. The fourth-order valence-corrected chi connectivity index (χ4v) is 2.76. The molecule has 30 heavy (non-hydrogen) atoms. The van der Waals surface area contributed by atoms with Crippen molar-refractivity contribution in [2.75, 3.05) is 17.7 Å². The van der Waals surface area contributed by atoms with Crippen molar-refractivity contribution in [1.82, 2.24) is 0 Å². The lowest BCUT2D eigenvalue weighted by molar-refractivity contribution is 0.0601. The fraction of sp³-hybridized carbons (Fsp3) is 0.0435. The second-order valence-corrected chi connectivity index (χ2v) is 6.18. The summed E-state index contributed by atoms with van der Waals surface area (Å²) in [5.74, 6) is -1.52. The molecule has 0 saturated carbocycles. The first kappa shape index (κ1) is 20.3. The van der Waals surface area contributed by atoms with Crippen LogP contribution in [-0.2, 0) is 4.74 Å². The minimum absolute atomic E-state index is 0.218. The lowest BCUT2D eigenvalue weighted by Gasteiger charge is -2.11. The predicted molar refractivity (Wildman–Crippen MR) is 111 cm³/mol. The molecule has 7 heteroatoms. The lowest BCUT2D eigenvalue weighted by atomic mass is 10.1. The number of rotatable bonds is 5. The quantitative estimate of drug-likeness (QED) is 0.634. The highest BCUT2D eigenvalue weighted by molar-refractivity contribution is 6.10. The number of carbonyl (C=O) groups is 3. The van der Waals surface area contributed by atoms with Crippen molar-refractivity contribution in [3.8, 4) is 6.07 Å². The van der Waals surface area contributed by atoms with Gasteiger partial charge in [0.2, 0.25) is 0 Å². The monoisotopic (exact) mass is 399 g/mol. The molecule has 3 aromatic carbocycles. The molecular weight excluding hydrogens is 382 g/mol. The Morgan fingerprint density at radius 2 is 1.37 bits per heavy atom. The summed E-state index contributed by atoms with van der Waals surface area (Å²) in [5.41, 5.74) is 1.71. The zero-order chi connectivity index (χ0) is 21.5. The van der Waals surface area contributed by atoms with Crippen LogP contribution in [0.2, 0.25) is 0 Å². The van der Waals surface area contributed by atoms with Crippen molar-refractivity contribution >= 4 is 29.2 Å². The number of esters is 1. The van der Waals surface area contributed by atoms with Gasteiger partial charge < -0.3 is 15.4 Å². The Labute approximate surface area is 172 Å². The highest BCUT2D eigenvalue weighted by Gasteiger charge is 2.16. The fourth-order valence-electron chi connectivity index (χ4n) is 2.76. The van der Waals surface area contributed by atoms with Gasteiger partial charge in [0, 0.05) is 11.1 Å². The van der Waals surface area contributed by atoms with Crippen molar-refractivity contribution < 1.29 is 19.1 Å². The van der Waals surface area contributed by atoms with Gasteiger partial charge in [-0.1, -0.05) is 30.3 Å². The van der Waals surface area contributed by atoms with Crippen molar-refractivity contribution in [2.24, 2.45) is 0 Å². The zero-order valence-corrected chi connectivity index (χ0v) is 16.0. The topological polar surface area (TPSA) is 108 Å². The molecule has 0 saturated heterocycles. The van der Waals surface area contributed by atoms with Crippen LogP contribution in [0.1, 0.15) is 36.6 Å². The summed E-state index contributed by atoms with van der Waals surface area (Å²) >= 11 is 0. The Morgan fingerprint density at radius 1 is 0.800 bits per heavy atom. The van der Waals surface area contributed by atoms with E-state index in [4.69, 9.17) is 10.00 Å². The maximum atomic E-state index is 12.7. The number of hydrogen-bond acceptors (Lipinski definition) is 5. The molecule has 0 bridgehead atoms. The second-order valence-electron chi connectivity index (χ2n) is 6.18. The number of ether oxygens (including phenoxy) is 1. The van der Waals surface area contributed by atoms with Crippen molar-refractivity contribution in [3.63, 3.8) is 0 Å². The maximum absolute atomic E-state index is 12.7. The normalized spacial score (nSPS) is 9.87. The van der Waals surface area contributed by atoms with Gasteiger partial charge in [-0.2, -0.15) is 5.26 Å². The molecule has 0 heterocycles. The van der Waals surface area contributed by atoms with Gasteiger partial charge in [-0.15, -0.1) is 0 Å². The van der Waals surface area contributed by atoms with Gasteiger partial charge in [-0.25, -0.2) is 4.79 Å². The van der Waals surface area contributed by atoms with Crippen LogP contribution in [0.15, 0.2) is 72.8 Å². The number of hydrogen-bond donors (Lipinski definition) is 2. The van der Waals surface area contributed by atoms with E-state index in [1.165, 1.54) is 19.2 Å². The number of carbonyl (C=O) groups excluding carboxylic acids is 3. The Kier molecular flexibility index (Phi) is 6.20. The van der Waals surface area contributed by atoms with E-state index >= 15 is 0 Å². The molecule has 0 aliphatic rings. The van der Waals surface area contributed by atoms with Crippen LogP contribution >= 0.6 is 0 Å². The predicted octanol–water partition coefficient (Wildman–Crippen LogP) is 3.85. The van der Waals surface area contributed by atoms with Gasteiger partial charge in [-0.3, -0.25) is 9.59 Å². The Balaban J connectivity index is 1.80. The van der Waals surface area contributed by atoms with Crippen molar-refractivity contribution in [1.29, 1.82) is 5.26 Å². The molecule has 3 rings (SSSR count). The van der Waals surface area contributed by atoms with E-state index in [0.717, 1.165) is 0 Å². The smallest absolute Gasteiger partial charge is 0.339 e. The Hall–Kier alpha value is -4.44. The first-order valence-electron chi connectivity index (χ1n) is 8.92. The average Bonchev–Trinajstić information content (AvgIpc) is 2.79. The molecule has 0 radical (unpaired) electrons. The summed E-state index contributed by atoms with van der Waals surface area (Å²) in [6.45, 7) is 0. The number of anilines is 2. The number of nitriles is 1. The largest absolute Gasteiger partial charge is 0.465 e. The molecule has 0 atom stereocenters. The van der Waals surface area contributed by atoms with E-state index in [-0.39, 0.29) is 16.7 Å². The molecule has 7 nitrogen and oxygen atoms in total. The van der Waals surface area contributed by atoms with Crippen LogP contribution in [0.4, 0.5) is 11.4 Å². The summed E-state index contributed by atoms with van der Waals surface area (Å²) in [6, 6.07) is 21.2. The summed E-state index contributed by atoms with van der Waals surface area (Å²) in [4.78, 5) is 37.1. The second kappa shape index (κ2) is 9.17. The first-order valence-corrected chi connectivity index (χ1v) is 8.92. The molecule has 0 fully saturated rings. The van der Waals surface area contributed by atoms with E-state index in [0.29, 0.717) is 16.9 Å². The van der Waals surface area contributed by atoms with Crippen LogP contribution in [0, 0.1) is 11.3 Å². The molecule has 0 aliphatic carbocycles. The zero-order valence-electron chi connectivity index (χ0n) is 16.0. The van der Waals surface area contributed by atoms with Gasteiger partial charge in [0.05, 0.1) is 29.6 Å². The van der Waals surface area contributed by atoms with Crippen LogP contribution in [0.5, 0.6) is 0 Å². The number of methoxy groups -OCH3 is 1. The van der Waals surface area contributed by atoms with E-state index in [1.807, 2.05) is 6.07 Å². The standard InChI is InChI=1S/C23H17N3O4/c1-30-23(29)18-10-3-5-12-20(18)26-22(28)16-9-6-8-15(13-16)21(27)25-19-11-4-2-7-17(19)14-24/h2-13H,1H3,(H,25,27)(H,26,28). The van der Waals surface area contributed by atoms with Crippen LogP contribution < -0.4 is 10.6 Å². The maximum Gasteiger partial charge on any atom is 0.339 e.